The molecule has 5 heteroatoms. The Hall–Kier alpha value is -0.850. The van der Waals surface area contributed by atoms with Crippen molar-refractivity contribution in [1.82, 2.24) is 10.3 Å². The molecule has 1 atom stereocenters. The highest BCUT2D eigenvalue weighted by Crippen LogP contribution is 2.32. The van der Waals surface area contributed by atoms with Gasteiger partial charge in [0.05, 0.1) is 13.2 Å². The van der Waals surface area contributed by atoms with Crippen LogP contribution in [0, 0.1) is 3.57 Å². The van der Waals surface area contributed by atoms with Gasteiger partial charge in [-0.2, -0.15) is 0 Å². The first-order chi connectivity index (χ1) is 10.2. The van der Waals surface area contributed by atoms with Gasteiger partial charge >= 0.3 is 0 Å². The van der Waals surface area contributed by atoms with Gasteiger partial charge < -0.3 is 10.1 Å². The summed E-state index contributed by atoms with van der Waals surface area (Å²) in [6, 6.07) is 9.69. The SMILES string of the molecule is CCCNC(c1cc(Cl)ccc1I)c1ncccc1OC. The molecule has 0 radical (unpaired) electrons. The van der Waals surface area contributed by atoms with E-state index < -0.39 is 0 Å². The maximum atomic E-state index is 6.17. The Bertz CT molecular complexity index is 607. The first-order valence-corrected chi connectivity index (χ1v) is 8.30. The van der Waals surface area contributed by atoms with Crippen LogP contribution in [0.4, 0.5) is 0 Å². The van der Waals surface area contributed by atoms with Crippen LogP contribution in [-0.2, 0) is 0 Å². The zero-order valence-electron chi connectivity index (χ0n) is 12.1. The molecule has 3 nitrogen and oxygen atoms in total. The first kappa shape index (κ1) is 16.5. The van der Waals surface area contributed by atoms with E-state index in [9.17, 15) is 0 Å². The lowest BCUT2D eigenvalue weighted by Gasteiger charge is -2.22. The topological polar surface area (TPSA) is 34.2 Å². The molecule has 0 spiro atoms. The normalized spacial score (nSPS) is 12.2. The molecule has 0 saturated carbocycles. The van der Waals surface area contributed by atoms with E-state index in [1.807, 2.05) is 30.3 Å². The van der Waals surface area contributed by atoms with Crippen molar-refractivity contribution in [3.8, 4) is 5.75 Å². The third kappa shape index (κ3) is 4.08. The number of halogens is 2. The lowest BCUT2D eigenvalue weighted by atomic mass is 10.0. The predicted molar refractivity (Wildman–Crippen MR) is 95.1 cm³/mol. The maximum absolute atomic E-state index is 6.17. The summed E-state index contributed by atoms with van der Waals surface area (Å²) in [5.74, 6) is 0.780. The fourth-order valence-corrected chi connectivity index (χ4v) is 3.00. The third-order valence-corrected chi connectivity index (χ3v) is 4.38. The number of nitrogens with one attached hydrogen (secondary N) is 1. The molecule has 2 aromatic rings. The van der Waals surface area contributed by atoms with Gasteiger partial charge in [-0.1, -0.05) is 18.5 Å². The lowest BCUT2D eigenvalue weighted by molar-refractivity contribution is 0.399. The van der Waals surface area contributed by atoms with Gasteiger partial charge in [-0.05, 0) is 71.5 Å². The Labute approximate surface area is 144 Å². The van der Waals surface area contributed by atoms with E-state index in [1.54, 1.807) is 13.3 Å². The van der Waals surface area contributed by atoms with Gasteiger partial charge in [-0.25, -0.2) is 0 Å². The summed E-state index contributed by atoms with van der Waals surface area (Å²) in [6.45, 7) is 3.04. The molecule has 0 bridgehead atoms. The van der Waals surface area contributed by atoms with E-state index in [4.69, 9.17) is 16.3 Å². The van der Waals surface area contributed by atoms with Crippen LogP contribution in [-0.4, -0.2) is 18.6 Å². The highest BCUT2D eigenvalue weighted by atomic mass is 127. The van der Waals surface area contributed by atoms with Gasteiger partial charge in [0.25, 0.3) is 0 Å². The molecule has 2 rings (SSSR count). The van der Waals surface area contributed by atoms with E-state index in [-0.39, 0.29) is 6.04 Å². The number of rotatable bonds is 6. The number of hydrogen-bond acceptors (Lipinski definition) is 3. The fourth-order valence-electron chi connectivity index (χ4n) is 2.17. The minimum Gasteiger partial charge on any atom is -0.495 e. The van der Waals surface area contributed by atoms with Crippen LogP contribution in [0.25, 0.3) is 0 Å². The van der Waals surface area contributed by atoms with E-state index >= 15 is 0 Å². The van der Waals surface area contributed by atoms with E-state index in [1.165, 1.54) is 0 Å². The van der Waals surface area contributed by atoms with Crippen LogP contribution in [0.15, 0.2) is 36.5 Å². The zero-order valence-corrected chi connectivity index (χ0v) is 15.0. The smallest absolute Gasteiger partial charge is 0.142 e. The van der Waals surface area contributed by atoms with Crippen molar-refractivity contribution < 1.29 is 4.74 Å². The van der Waals surface area contributed by atoms with Crippen molar-refractivity contribution in [3.63, 3.8) is 0 Å². The van der Waals surface area contributed by atoms with Crippen LogP contribution in [0.5, 0.6) is 5.75 Å². The second-order valence-electron chi connectivity index (χ2n) is 4.64. The van der Waals surface area contributed by atoms with E-state index in [2.05, 4.69) is 39.8 Å². The summed E-state index contributed by atoms with van der Waals surface area (Å²) in [7, 11) is 1.67. The number of hydrogen-bond donors (Lipinski definition) is 1. The van der Waals surface area contributed by atoms with Gasteiger partial charge in [0.2, 0.25) is 0 Å². The highest BCUT2D eigenvalue weighted by molar-refractivity contribution is 14.1. The second kappa shape index (κ2) is 7.96. The van der Waals surface area contributed by atoms with Crippen LogP contribution in [0.1, 0.15) is 30.6 Å². The largest absolute Gasteiger partial charge is 0.495 e. The number of pyridine rings is 1. The van der Waals surface area contributed by atoms with Gasteiger partial charge in [0.15, 0.2) is 0 Å². The number of aromatic nitrogens is 1. The highest BCUT2D eigenvalue weighted by Gasteiger charge is 2.21. The molecule has 0 aliphatic heterocycles. The molecule has 1 heterocycles. The second-order valence-corrected chi connectivity index (χ2v) is 6.24. The predicted octanol–water partition coefficient (Wildman–Crippen LogP) is 4.44. The molecule has 0 fully saturated rings. The standard InChI is InChI=1S/C16H18ClIN2O/c1-3-8-19-15(12-10-11(17)6-7-13(12)18)16-14(21-2)5-4-9-20-16/h4-7,9-10,15,19H,3,8H2,1-2H3. The number of ether oxygens (including phenoxy) is 1. The molecular weight excluding hydrogens is 399 g/mol. The number of nitrogens with zero attached hydrogens (tertiary/aromatic N) is 1. The Kier molecular flexibility index (Phi) is 6.26. The average molecular weight is 417 g/mol. The quantitative estimate of drug-likeness (QED) is 0.707. The zero-order chi connectivity index (χ0) is 15.2. The Morgan fingerprint density at radius 3 is 2.90 bits per heavy atom. The number of benzene rings is 1. The Balaban J connectivity index is 2.49. The molecule has 0 amide bonds. The Morgan fingerprint density at radius 2 is 2.19 bits per heavy atom. The lowest BCUT2D eigenvalue weighted by Crippen LogP contribution is -2.25. The van der Waals surface area contributed by atoms with Crippen LogP contribution in [0.3, 0.4) is 0 Å². The first-order valence-electron chi connectivity index (χ1n) is 6.84. The van der Waals surface area contributed by atoms with Crippen molar-refractivity contribution in [2.45, 2.75) is 19.4 Å². The maximum Gasteiger partial charge on any atom is 0.142 e. The summed E-state index contributed by atoms with van der Waals surface area (Å²) in [5, 5.41) is 4.26. The molecule has 1 aromatic carbocycles. The minimum absolute atomic E-state index is 0.0355. The molecule has 0 aliphatic carbocycles. The van der Waals surface area contributed by atoms with Gasteiger partial charge in [-0.15, -0.1) is 0 Å². The summed E-state index contributed by atoms with van der Waals surface area (Å²) in [6.07, 6.45) is 2.83. The minimum atomic E-state index is -0.0355. The number of methoxy groups -OCH3 is 1. The molecule has 0 aliphatic rings. The fraction of sp³-hybridized carbons (Fsp3) is 0.312. The van der Waals surface area contributed by atoms with Crippen molar-refractivity contribution in [2.24, 2.45) is 0 Å². The van der Waals surface area contributed by atoms with Gasteiger partial charge in [0, 0.05) is 14.8 Å². The molecule has 1 N–H and O–H groups in total. The monoisotopic (exact) mass is 416 g/mol. The summed E-state index contributed by atoms with van der Waals surface area (Å²) >= 11 is 8.50. The molecule has 21 heavy (non-hydrogen) atoms. The third-order valence-electron chi connectivity index (χ3n) is 3.16. The Morgan fingerprint density at radius 1 is 1.38 bits per heavy atom. The van der Waals surface area contributed by atoms with Crippen LogP contribution < -0.4 is 10.1 Å². The van der Waals surface area contributed by atoms with Crippen molar-refractivity contribution >= 4 is 34.2 Å². The van der Waals surface area contributed by atoms with Crippen LogP contribution in [0.2, 0.25) is 5.02 Å². The average Bonchev–Trinajstić information content (AvgIpc) is 2.51. The van der Waals surface area contributed by atoms with Crippen LogP contribution >= 0.6 is 34.2 Å². The molecular formula is C16H18ClIN2O. The molecule has 1 unspecified atom stereocenters. The summed E-state index contributed by atoms with van der Waals surface area (Å²) in [4.78, 5) is 4.52. The molecule has 112 valence electrons. The molecule has 1 aromatic heterocycles. The van der Waals surface area contributed by atoms with Gasteiger partial charge in [-0.3, -0.25) is 4.98 Å². The molecule has 0 saturated heterocycles. The summed E-state index contributed by atoms with van der Waals surface area (Å²) in [5.41, 5.74) is 2.00. The van der Waals surface area contributed by atoms with Crippen molar-refractivity contribution in [1.29, 1.82) is 0 Å². The van der Waals surface area contributed by atoms with Crippen molar-refractivity contribution in [2.75, 3.05) is 13.7 Å². The van der Waals surface area contributed by atoms with E-state index in [0.717, 1.165) is 38.6 Å². The summed E-state index contributed by atoms with van der Waals surface area (Å²) < 4.78 is 6.61. The van der Waals surface area contributed by atoms with Gasteiger partial charge in [0.1, 0.15) is 11.4 Å². The van der Waals surface area contributed by atoms with Crippen molar-refractivity contribution in [3.05, 3.63) is 56.4 Å². The van der Waals surface area contributed by atoms with E-state index in [0.29, 0.717) is 0 Å².